The zero-order chi connectivity index (χ0) is 23.8. The summed E-state index contributed by atoms with van der Waals surface area (Å²) in [6.45, 7) is 3.62. The van der Waals surface area contributed by atoms with E-state index in [-0.39, 0.29) is 24.7 Å². The molecule has 1 N–H and O–H groups in total. The van der Waals surface area contributed by atoms with Crippen LogP contribution in [-0.4, -0.2) is 36.1 Å². The number of carbonyl (C=O) groups excluding carboxylic acids is 1. The van der Waals surface area contributed by atoms with Gasteiger partial charge in [0.15, 0.2) is 5.69 Å². The van der Waals surface area contributed by atoms with E-state index in [1.54, 1.807) is 6.07 Å². The van der Waals surface area contributed by atoms with Gasteiger partial charge in [0.05, 0.1) is 18.7 Å². The number of hydrogen-bond acceptors (Lipinski definition) is 5. The van der Waals surface area contributed by atoms with Crippen molar-refractivity contribution in [2.75, 3.05) is 20.3 Å². The monoisotopic (exact) mass is 461 g/mol. The van der Waals surface area contributed by atoms with Crippen LogP contribution in [0.5, 0.6) is 0 Å². The first-order valence-electron chi connectivity index (χ1n) is 10.4. The molecule has 6 nitrogen and oxygen atoms in total. The van der Waals surface area contributed by atoms with Crippen molar-refractivity contribution >= 4 is 5.91 Å². The lowest BCUT2D eigenvalue weighted by Crippen LogP contribution is -2.27. The minimum absolute atomic E-state index is 0.135. The molecule has 0 atom stereocenters. The lowest BCUT2D eigenvalue weighted by molar-refractivity contribution is -0.137. The second-order valence-electron chi connectivity index (χ2n) is 7.71. The largest absolute Gasteiger partial charge is 0.447 e. The average molecular weight is 461 g/mol. The molecule has 9 heteroatoms. The zero-order valence-corrected chi connectivity index (χ0v) is 18.5. The summed E-state index contributed by atoms with van der Waals surface area (Å²) in [5.41, 5.74) is 2.04. The first-order valence-corrected chi connectivity index (χ1v) is 10.4. The Morgan fingerprint density at radius 3 is 2.45 bits per heavy atom. The van der Waals surface area contributed by atoms with Crippen molar-refractivity contribution in [2.45, 2.75) is 32.7 Å². The molecule has 176 valence electrons. The van der Waals surface area contributed by atoms with Crippen LogP contribution in [0.4, 0.5) is 13.2 Å². The van der Waals surface area contributed by atoms with Crippen molar-refractivity contribution in [3.05, 3.63) is 88.6 Å². The lowest BCUT2D eigenvalue weighted by Gasteiger charge is -2.22. The number of nitrogens with zero attached hydrogens (tertiary/aromatic N) is 2. The maximum atomic E-state index is 13.1. The molecular formula is C24H26F3N3O3. The van der Waals surface area contributed by atoms with E-state index < -0.39 is 11.7 Å². The SMILES string of the molecule is COCCNC(=O)c1coc(CN(Cc2cccc(C)c2)Cc2cccc(C(F)(F)F)c2)n1. The van der Waals surface area contributed by atoms with E-state index in [0.29, 0.717) is 31.2 Å². The van der Waals surface area contributed by atoms with E-state index in [2.05, 4.69) is 10.3 Å². The molecule has 0 fully saturated rings. The summed E-state index contributed by atoms with van der Waals surface area (Å²) in [5, 5.41) is 2.67. The van der Waals surface area contributed by atoms with Gasteiger partial charge in [-0.15, -0.1) is 0 Å². The van der Waals surface area contributed by atoms with Crippen LogP contribution < -0.4 is 5.32 Å². The van der Waals surface area contributed by atoms with Gasteiger partial charge in [0.25, 0.3) is 5.91 Å². The fraction of sp³-hybridized carbons (Fsp3) is 0.333. The fourth-order valence-electron chi connectivity index (χ4n) is 3.38. The van der Waals surface area contributed by atoms with Crippen molar-refractivity contribution < 1.29 is 27.1 Å². The molecule has 0 radical (unpaired) electrons. The highest BCUT2D eigenvalue weighted by Gasteiger charge is 2.30. The van der Waals surface area contributed by atoms with Crippen molar-refractivity contribution in [2.24, 2.45) is 0 Å². The molecule has 33 heavy (non-hydrogen) atoms. The van der Waals surface area contributed by atoms with Gasteiger partial charge in [-0.25, -0.2) is 4.98 Å². The van der Waals surface area contributed by atoms with Gasteiger partial charge in [0.2, 0.25) is 5.89 Å². The van der Waals surface area contributed by atoms with Crippen LogP contribution in [0.15, 0.2) is 59.2 Å². The minimum atomic E-state index is -4.41. The molecule has 0 unspecified atom stereocenters. The molecule has 0 spiro atoms. The maximum absolute atomic E-state index is 13.1. The number of hydrogen-bond donors (Lipinski definition) is 1. The van der Waals surface area contributed by atoms with Crippen molar-refractivity contribution in [1.29, 1.82) is 0 Å². The summed E-state index contributed by atoms with van der Waals surface area (Å²) in [6.07, 6.45) is -3.14. The molecular weight excluding hydrogens is 435 g/mol. The molecule has 0 saturated carbocycles. The number of carbonyl (C=O) groups is 1. The van der Waals surface area contributed by atoms with E-state index >= 15 is 0 Å². The normalized spacial score (nSPS) is 11.7. The Balaban J connectivity index is 1.77. The van der Waals surface area contributed by atoms with Gasteiger partial charge in [-0.1, -0.05) is 48.0 Å². The van der Waals surface area contributed by atoms with Gasteiger partial charge < -0.3 is 14.5 Å². The molecule has 1 heterocycles. The highest BCUT2D eigenvalue weighted by molar-refractivity contribution is 5.91. The Hall–Kier alpha value is -3.17. The van der Waals surface area contributed by atoms with Crippen molar-refractivity contribution in [1.82, 2.24) is 15.2 Å². The Labute approximate surface area is 190 Å². The number of benzene rings is 2. The summed E-state index contributed by atoms with van der Waals surface area (Å²) in [5.74, 6) is -0.0864. The molecule has 1 amide bonds. The van der Waals surface area contributed by atoms with Crippen molar-refractivity contribution in [3.8, 4) is 0 Å². The summed E-state index contributed by atoms with van der Waals surface area (Å²) in [6, 6.07) is 13.1. The number of nitrogens with one attached hydrogen (secondary N) is 1. The Kier molecular flexibility index (Phi) is 8.24. The van der Waals surface area contributed by atoms with E-state index in [4.69, 9.17) is 9.15 Å². The zero-order valence-electron chi connectivity index (χ0n) is 18.5. The molecule has 0 bridgehead atoms. The summed E-state index contributed by atoms with van der Waals surface area (Å²) in [7, 11) is 1.54. The Bertz CT molecular complexity index is 1070. The number of amides is 1. The Morgan fingerprint density at radius 2 is 1.79 bits per heavy atom. The number of oxazole rings is 1. The first-order chi connectivity index (χ1) is 15.7. The molecule has 0 aliphatic carbocycles. The van der Waals surface area contributed by atoms with E-state index in [0.717, 1.165) is 23.3 Å². The van der Waals surface area contributed by atoms with Crippen molar-refractivity contribution in [3.63, 3.8) is 0 Å². The topological polar surface area (TPSA) is 67.6 Å². The predicted molar refractivity (Wildman–Crippen MR) is 116 cm³/mol. The van der Waals surface area contributed by atoms with Gasteiger partial charge in [-0.3, -0.25) is 9.69 Å². The van der Waals surface area contributed by atoms with Crippen LogP contribution in [-0.2, 0) is 30.5 Å². The highest BCUT2D eigenvalue weighted by Crippen LogP contribution is 2.30. The van der Waals surface area contributed by atoms with Crippen LogP contribution in [0.2, 0.25) is 0 Å². The number of ether oxygens (including phenoxy) is 1. The maximum Gasteiger partial charge on any atom is 0.416 e. The van der Waals surface area contributed by atoms with Crippen LogP contribution >= 0.6 is 0 Å². The quantitative estimate of drug-likeness (QED) is 0.448. The van der Waals surface area contributed by atoms with E-state index in [1.165, 1.54) is 19.4 Å². The average Bonchev–Trinajstić information content (AvgIpc) is 3.22. The van der Waals surface area contributed by atoms with Gasteiger partial charge in [-0.2, -0.15) is 13.2 Å². The summed E-state index contributed by atoms with van der Waals surface area (Å²) >= 11 is 0. The molecule has 0 saturated heterocycles. The number of methoxy groups -OCH3 is 1. The number of alkyl halides is 3. The molecule has 3 rings (SSSR count). The predicted octanol–water partition coefficient (Wildman–Crippen LogP) is 4.58. The van der Waals surface area contributed by atoms with Gasteiger partial charge >= 0.3 is 6.18 Å². The smallest absolute Gasteiger partial charge is 0.416 e. The lowest BCUT2D eigenvalue weighted by atomic mass is 10.1. The number of aromatic nitrogens is 1. The molecule has 1 aromatic heterocycles. The fourth-order valence-corrected chi connectivity index (χ4v) is 3.38. The summed E-state index contributed by atoms with van der Waals surface area (Å²) in [4.78, 5) is 18.3. The first kappa shape index (κ1) is 24.5. The number of rotatable bonds is 10. The van der Waals surface area contributed by atoms with E-state index in [9.17, 15) is 18.0 Å². The van der Waals surface area contributed by atoms with Crippen LogP contribution in [0, 0.1) is 6.92 Å². The number of halogens is 3. The van der Waals surface area contributed by atoms with Crippen LogP contribution in [0.3, 0.4) is 0 Å². The second-order valence-corrected chi connectivity index (χ2v) is 7.71. The second kappa shape index (κ2) is 11.1. The van der Waals surface area contributed by atoms with E-state index in [1.807, 2.05) is 36.1 Å². The summed E-state index contributed by atoms with van der Waals surface area (Å²) < 4.78 is 49.8. The van der Waals surface area contributed by atoms with Crippen LogP contribution in [0.25, 0.3) is 0 Å². The Morgan fingerprint density at radius 1 is 1.09 bits per heavy atom. The standard InChI is InChI=1S/C24H26F3N3O3/c1-17-5-3-6-18(11-17)13-30(14-19-7-4-8-20(12-19)24(25,26)27)15-22-29-21(16-33-22)23(31)28-9-10-32-2/h3-8,11-12,16H,9-10,13-15H2,1-2H3,(H,28,31). The minimum Gasteiger partial charge on any atom is -0.447 e. The molecule has 2 aromatic carbocycles. The molecule has 3 aromatic rings. The van der Waals surface area contributed by atoms with Crippen LogP contribution in [0.1, 0.15) is 38.6 Å². The number of aryl methyl sites for hydroxylation is 1. The third-order valence-corrected chi connectivity index (χ3v) is 4.88. The highest BCUT2D eigenvalue weighted by atomic mass is 19.4. The van der Waals surface area contributed by atoms with Gasteiger partial charge in [-0.05, 0) is 24.1 Å². The third-order valence-electron chi connectivity index (χ3n) is 4.88. The third kappa shape index (κ3) is 7.44. The van der Waals surface area contributed by atoms with Gasteiger partial charge in [0, 0.05) is 26.7 Å². The molecule has 0 aliphatic heterocycles. The van der Waals surface area contributed by atoms with Gasteiger partial charge in [0.1, 0.15) is 6.26 Å². The molecule has 0 aliphatic rings.